The van der Waals surface area contributed by atoms with E-state index in [2.05, 4.69) is 19.2 Å². The fourth-order valence-corrected chi connectivity index (χ4v) is 2.20. The molecule has 0 fully saturated rings. The molecule has 1 rings (SSSR count). The van der Waals surface area contributed by atoms with E-state index in [9.17, 15) is 4.79 Å². The third kappa shape index (κ3) is 4.85. The van der Waals surface area contributed by atoms with E-state index in [1.54, 1.807) is 7.11 Å². The van der Waals surface area contributed by atoms with Gasteiger partial charge in [0.15, 0.2) is 0 Å². The molecule has 0 aliphatic carbocycles. The number of hydrogen-bond acceptors (Lipinski definition) is 3. The molecule has 3 N–H and O–H groups in total. The van der Waals surface area contributed by atoms with Crippen molar-refractivity contribution in [1.82, 2.24) is 5.32 Å². The molecule has 4 heteroatoms. The quantitative estimate of drug-likeness (QED) is 0.805. The molecule has 20 heavy (non-hydrogen) atoms. The SMILES string of the molecule is COc1cccc([C@@H](C)NC(=O)C(CN)CC(C)C)c1. The van der Waals surface area contributed by atoms with Gasteiger partial charge in [0, 0.05) is 6.54 Å². The summed E-state index contributed by atoms with van der Waals surface area (Å²) in [6, 6.07) is 7.67. The first-order valence-electron chi connectivity index (χ1n) is 7.12. The van der Waals surface area contributed by atoms with Crippen molar-refractivity contribution in [3.05, 3.63) is 29.8 Å². The van der Waals surface area contributed by atoms with Gasteiger partial charge in [0.1, 0.15) is 5.75 Å². The van der Waals surface area contributed by atoms with Gasteiger partial charge in [-0.15, -0.1) is 0 Å². The molecule has 4 nitrogen and oxygen atoms in total. The number of nitrogens with two attached hydrogens (primary N) is 1. The number of hydrogen-bond donors (Lipinski definition) is 2. The van der Waals surface area contributed by atoms with Gasteiger partial charge in [0.2, 0.25) is 5.91 Å². The minimum Gasteiger partial charge on any atom is -0.497 e. The van der Waals surface area contributed by atoms with Crippen LogP contribution in [0.1, 0.15) is 38.8 Å². The Morgan fingerprint density at radius 1 is 1.35 bits per heavy atom. The van der Waals surface area contributed by atoms with Crippen LogP contribution < -0.4 is 15.8 Å². The Kier molecular flexibility index (Phi) is 6.52. The summed E-state index contributed by atoms with van der Waals surface area (Å²) in [7, 11) is 1.63. The Labute approximate surface area is 121 Å². The summed E-state index contributed by atoms with van der Waals surface area (Å²) in [6.45, 7) is 6.55. The predicted molar refractivity (Wildman–Crippen MR) is 81.6 cm³/mol. The molecule has 112 valence electrons. The second kappa shape index (κ2) is 7.90. The van der Waals surface area contributed by atoms with Gasteiger partial charge in [-0.25, -0.2) is 0 Å². The monoisotopic (exact) mass is 278 g/mol. The van der Waals surface area contributed by atoms with E-state index in [1.165, 1.54) is 0 Å². The smallest absolute Gasteiger partial charge is 0.224 e. The second-order valence-electron chi connectivity index (χ2n) is 5.57. The van der Waals surface area contributed by atoms with E-state index in [4.69, 9.17) is 10.5 Å². The number of benzene rings is 1. The van der Waals surface area contributed by atoms with Gasteiger partial charge >= 0.3 is 0 Å². The molecule has 0 aliphatic heterocycles. The zero-order valence-corrected chi connectivity index (χ0v) is 12.8. The van der Waals surface area contributed by atoms with Gasteiger partial charge in [-0.3, -0.25) is 4.79 Å². The van der Waals surface area contributed by atoms with E-state index >= 15 is 0 Å². The van der Waals surface area contributed by atoms with Crippen LogP contribution in [0.25, 0.3) is 0 Å². The van der Waals surface area contributed by atoms with Crippen LogP contribution in [0.2, 0.25) is 0 Å². The van der Waals surface area contributed by atoms with Crippen molar-refractivity contribution in [2.75, 3.05) is 13.7 Å². The average Bonchev–Trinajstić information content (AvgIpc) is 2.44. The Bertz CT molecular complexity index is 432. The van der Waals surface area contributed by atoms with E-state index in [-0.39, 0.29) is 17.9 Å². The van der Waals surface area contributed by atoms with Gasteiger partial charge in [0.05, 0.1) is 19.1 Å². The number of carbonyl (C=O) groups excluding carboxylic acids is 1. The Morgan fingerprint density at radius 2 is 2.05 bits per heavy atom. The highest BCUT2D eigenvalue weighted by Crippen LogP contribution is 2.20. The van der Waals surface area contributed by atoms with Crippen molar-refractivity contribution >= 4 is 5.91 Å². The van der Waals surface area contributed by atoms with Gasteiger partial charge < -0.3 is 15.8 Å². The van der Waals surface area contributed by atoms with Crippen LogP contribution in [-0.4, -0.2) is 19.6 Å². The number of rotatable bonds is 7. The number of carbonyl (C=O) groups is 1. The van der Waals surface area contributed by atoms with Crippen molar-refractivity contribution < 1.29 is 9.53 Å². The number of ether oxygens (including phenoxy) is 1. The number of nitrogens with one attached hydrogen (secondary N) is 1. The van der Waals surface area contributed by atoms with Crippen molar-refractivity contribution in [3.8, 4) is 5.75 Å². The lowest BCUT2D eigenvalue weighted by atomic mass is 9.96. The minimum absolute atomic E-state index is 0.0246. The minimum atomic E-state index is -0.122. The largest absolute Gasteiger partial charge is 0.497 e. The van der Waals surface area contributed by atoms with E-state index in [0.717, 1.165) is 17.7 Å². The van der Waals surface area contributed by atoms with Gasteiger partial charge in [0.25, 0.3) is 0 Å². The van der Waals surface area contributed by atoms with Gasteiger partial charge in [-0.05, 0) is 37.0 Å². The lowest BCUT2D eigenvalue weighted by molar-refractivity contribution is -0.125. The van der Waals surface area contributed by atoms with Crippen molar-refractivity contribution in [2.45, 2.75) is 33.2 Å². The highest BCUT2D eigenvalue weighted by Gasteiger charge is 2.20. The first kappa shape index (κ1) is 16.5. The highest BCUT2D eigenvalue weighted by atomic mass is 16.5. The zero-order chi connectivity index (χ0) is 15.1. The summed E-state index contributed by atoms with van der Waals surface area (Å²) >= 11 is 0. The molecule has 1 aromatic rings. The molecule has 1 unspecified atom stereocenters. The summed E-state index contributed by atoms with van der Waals surface area (Å²) in [5.74, 6) is 1.15. The number of methoxy groups -OCH3 is 1. The van der Waals surface area contributed by atoms with Gasteiger partial charge in [-0.2, -0.15) is 0 Å². The van der Waals surface area contributed by atoms with E-state index in [1.807, 2.05) is 31.2 Å². The standard InChI is InChI=1S/C16H26N2O2/c1-11(2)8-14(10-17)16(19)18-12(3)13-6-5-7-15(9-13)20-4/h5-7,9,11-12,14H,8,10,17H2,1-4H3,(H,18,19)/t12-,14?/m1/s1. The molecule has 2 atom stereocenters. The van der Waals surface area contributed by atoms with Crippen LogP contribution in [0, 0.1) is 11.8 Å². The average molecular weight is 278 g/mol. The maximum Gasteiger partial charge on any atom is 0.224 e. The summed E-state index contributed by atoms with van der Waals surface area (Å²) in [5, 5.41) is 3.03. The molecule has 1 amide bonds. The van der Waals surface area contributed by atoms with Crippen LogP contribution >= 0.6 is 0 Å². The molecule has 0 aromatic heterocycles. The van der Waals surface area contributed by atoms with E-state index < -0.39 is 0 Å². The lowest BCUT2D eigenvalue weighted by Crippen LogP contribution is -2.37. The third-order valence-corrected chi connectivity index (χ3v) is 3.36. The summed E-state index contributed by atoms with van der Waals surface area (Å²) in [4.78, 5) is 12.2. The highest BCUT2D eigenvalue weighted by molar-refractivity contribution is 5.79. The fraction of sp³-hybridized carbons (Fsp3) is 0.562. The third-order valence-electron chi connectivity index (χ3n) is 3.36. The molecule has 0 spiro atoms. The molecule has 1 aromatic carbocycles. The lowest BCUT2D eigenvalue weighted by Gasteiger charge is -2.21. The normalized spacial score (nSPS) is 13.9. The predicted octanol–water partition coefficient (Wildman–Crippen LogP) is 2.49. The van der Waals surface area contributed by atoms with Crippen LogP contribution in [0.4, 0.5) is 0 Å². The Morgan fingerprint density at radius 3 is 2.60 bits per heavy atom. The second-order valence-corrected chi connectivity index (χ2v) is 5.57. The van der Waals surface area contributed by atoms with Crippen molar-refractivity contribution in [1.29, 1.82) is 0 Å². The molecule has 0 radical (unpaired) electrons. The molecular weight excluding hydrogens is 252 g/mol. The van der Waals surface area contributed by atoms with Crippen LogP contribution in [0.3, 0.4) is 0 Å². The molecule has 0 saturated carbocycles. The molecule has 0 aliphatic rings. The Hall–Kier alpha value is -1.55. The molecule has 0 bridgehead atoms. The van der Waals surface area contributed by atoms with E-state index in [0.29, 0.717) is 12.5 Å². The summed E-state index contributed by atoms with van der Waals surface area (Å²) < 4.78 is 5.20. The van der Waals surface area contributed by atoms with Crippen molar-refractivity contribution in [3.63, 3.8) is 0 Å². The first-order valence-corrected chi connectivity index (χ1v) is 7.12. The fourth-order valence-electron chi connectivity index (χ4n) is 2.20. The van der Waals surface area contributed by atoms with Crippen LogP contribution in [-0.2, 0) is 4.79 Å². The van der Waals surface area contributed by atoms with Crippen LogP contribution in [0.5, 0.6) is 5.75 Å². The first-order chi connectivity index (χ1) is 9.47. The van der Waals surface area contributed by atoms with Gasteiger partial charge in [-0.1, -0.05) is 26.0 Å². The molecular formula is C16H26N2O2. The van der Waals surface area contributed by atoms with Crippen LogP contribution in [0.15, 0.2) is 24.3 Å². The van der Waals surface area contributed by atoms with Crippen molar-refractivity contribution in [2.24, 2.45) is 17.6 Å². The summed E-state index contributed by atoms with van der Waals surface area (Å²) in [6.07, 6.45) is 0.813. The number of amides is 1. The maximum atomic E-state index is 12.2. The topological polar surface area (TPSA) is 64.3 Å². The molecule has 0 heterocycles. The maximum absolute atomic E-state index is 12.2. The molecule has 0 saturated heterocycles. The summed E-state index contributed by atoms with van der Waals surface area (Å²) in [5.41, 5.74) is 6.73. The Balaban J connectivity index is 2.68. The zero-order valence-electron chi connectivity index (χ0n) is 12.8.